The standard InChI is InChI=1S/C24H21N3O5/c1-31-23(29)14-7-9-17(24(30)32-2)20(11-14)27-22(28)10-8-15-12-18-16-5-3-4-6-19(16)26-21(18)13-25-15/h3-7,9,11-13,26H,8,10H2,1-2H3,(H,27,28). The second kappa shape index (κ2) is 8.89. The van der Waals surface area contributed by atoms with Crippen molar-refractivity contribution in [3.05, 3.63) is 71.5 Å². The van der Waals surface area contributed by atoms with Crippen molar-refractivity contribution in [3.8, 4) is 0 Å². The Morgan fingerprint density at radius 3 is 2.50 bits per heavy atom. The number of rotatable bonds is 6. The lowest BCUT2D eigenvalue weighted by Gasteiger charge is -2.11. The van der Waals surface area contributed by atoms with E-state index in [1.54, 1.807) is 6.20 Å². The third-order valence-corrected chi connectivity index (χ3v) is 5.18. The number of carbonyl (C=O) groups is 3. The summed E-state index contributed by atoms with van der Waals surface area (Å²) in [6.07, 6.45) is 2.31. The van der Waals surface area contributed by atoms with Gasteiger partial charge in [0.1, 0.15) is 0 Å². The summed E-state index contributed by atoms with van der Waals surface area (Å²) >= 11 is 0. The lowest BCUT2D eigenvalue weighted by Crippen LogP contribution is -2.17. The molecule has 0 unspecified atom stereocenters. The maximum Gasteiger partial charge on any atom is 0.339 e. The summed E-state index contributed by atoms with van der Waals surface area (Å²) in [4.78, 5) is 44.3. The third kappa shape index (κ3) is 4.15. The molecule has 0 aliphatic rings. The highest BCUT2D eigenvalue weighted by atomic mass is 16.5. The number of esters is 2. The topological polar surface area (TPSA) is 110 Å². The van der Waals surface area contributed by atoms with Crippen LogP contribution in [0.5, 0.6) is 0 Å². The number of carbonyl (C=O) groups excluding carboxylic acids is 3. The van der Waals surface area contributed by atoms with Crippen LogP contribution in [0, 0.1) is 0 Å². The van der Waals surface area contributed by atoms with Crippen LogP contribution < -0.4 is 5.32 Å². The number of nitrogens with zero attached hydrogens (tertiary/aromatic N) is 1. The minimum Gasteiger partial charge on any atom is -0.465 e. The Labute approximate surface area is 183 Å². The van der Waals surface area contributed by atoms with Gasteiger partial charge in [-0.05, 0) is 36.8 Å². The van der Waals surface area contributed by atoms with Gasteiger partial charge in [0.2, 0.25) is 5.91 Å². The molecule has 0 saturated heterocycles. The fourth-order valence-corrected chi connectivity index (χ4v) is 3.56. The van der Waals surface area contributed by atoms with Gasteiger partial charge in [-0.2, -0.15) is 0 Å². The molecule has 0 atom stereocenters. The summed E-state index contributed by atoms with van der Waals surface area (Å²) in [5, 5.41) is 4.84. The zero-order chi connectivity index (χ0) is 22.7. The van der Waals surface area contributed by atoms with E-state index in [4.69, 9.17) is 9.47 Å². The second-order valence-corrected chi connectivity index (χ2v) is 7.18. The van der Waals surface area contributed by atoms with Gasteiger partial charge >= 0.3 is 11.9 Å². The van der Waals surface area contributed by atoms with E-state index >= 15 is 0 Å². The van der Waals surface area contributed by atoms with Crippen molar-refractivity contribution in [1.29, 1.82) is 0 Å². The van der Waals surface area contributed by atoms with Gasteiger partial charge in [-0.1, -0.05) is 18.2 Å². The van der Waals surface area contributed by atoms with Gasteiger partial charge in [0, 0.05) is 28.4 Å². The Bertz CT molecular complexity index is 1340. The lowest BCUT2D eigenvalue weighted by molar-refractivity contribution is -0.116. The number of anilines is 1. The predicted molar refractivity (Wildman–Crippen MR) is 120 cm³/mol. The van der Waals surface area contributed by atoms with E-state index in [1.165, 1.54) is 32.4 Å². The van der Waals surface area contributed by atoms with Crippen molar-refractivity contribution < 1.29 is 23.9 Å². The van der Waals surface area contributed by atoms with Gasteiger partial charge in [-0.25, -0.2) is 9.59 Å². The molecule has 1 amide bonds. The van der Waals surface area contributed by atoms with Crippen LogP contribution in [0.2, 0.25) is 0 Å². The number of aromatic nitrogens is 2. The number of para-hydroxylation sites is 1. The van der Waals surface area contributed by atoms with E-state index in [1.807, 2.05) is 30.3 Å². The monoisotopic (exact) mass is 431 g/mol. The first-order valence-corrected chi connectivity index (χ1v) is 9.96. The molecule has 4 aromatic rings. The molecule has 0 aliphatic carbocycles. The van der Waals surface area contributed by atoms with Gasteiger partial charge in [-0.15, -0.1) is 0 Å². The largest absolute Gasteiger partial charge is 0.465 e. The number of ether oxygens (including phenoxy) is 2. The zero-order valence-electron chi connectivity index (χ0n) is 17.6. The first-order chi connectivity index (χ1) is 15.5. The van der Waals surface area contributed by atoms with Gasteiger partial charge < -0.3 is 19.8 Å². The number of pyridine rings is 1. The van der Waals surface area contributed by atoms with Gasteiger partial charge in [0.05, 0.1) is 42.7 Å². The van der Waals surface area contributed by atoms with Gasteiger partial charge in [-0.3, -0.25) is 9.78 Å². The molecule has 8 heteroatoms. The summed E-state index contributed by atoms with van der Waals surface area (Å²) in [6, 6.07) is 14.2. The molecule has 162 valence electrons. The molecule has 2 aromatic carbocycles. The molecule has 0 aliphatic heterocycles. The molecular formula is C24H21N3O5. The normalized spacial score (nSPS) is 10.8. The van der Waals surface area contributed by atoms with Crippen molar-refractivity contribution in [3.63, 3.8) is 0 Å². The number of benzene rings is 2. The number of hydrogen-bond acceptors (Lipinski definition) is 6. The Kier molecular flexibility index (Phi) is 5.85. The van der Waals surface area contributed by atoms with E-state index < -0.39 is 11.9 Å². The number of nitrogens with one attached hydrogen (secondary N) is 2. The van der Waals surface area contributed by atoms with Crippen LogP contribution in [-0.2, 0) is 20.7 Å². The Morgan fingerprint density at radius 2 is 1.72 bits per heavy atom. The maximum absolute atomic E-state index is 12.6. The summed E-state index contributed by atoms with van der Waals surface area (Å²) in [6.45, 7) is 0. The molecule has 2 heterocycles. The second-order valence-electron chi connectivity index (χ2n) is 7.18. The Balaban J connectivity index is 1.51. The highest BCUT2D eigenvalue weighted by Crippen LogP contribution is 2.25. The van der Waals surface area contributed by atoms with Crippen LogP contribution in [0.25, 0.3) is 21.8 Å². The highest BCUT2D eigenvalue weighted by Gasteiger charge is 2.17. The molecule has 0 fully saturated rings. The molecule has 2 N–H and O–H groups in total. The maximum atomic E-state index is 12.6. The summed E-state index contributed by atoms with van der Waals surface area (Å²) < 4.78 is 9.47. The summed E-state index contributed by atoms with van der Waals surface area (Å²) in [7, 11) is 2.50. The number of methoxy groups -OCH3 is 2. The fraction of sp³-hybridized carbons (Fsp3) is 0.167. The molecular weight excluding hydrogens is 410 g/mol. The quantitative estimate of drug-likeness (QED) is 0.449. The van der Waals surface area contributed by atoms with Crippen molar-refractivity contribution >= 4 is 45.3 Å². The van der Waals surface area contributed by atoms with Crippen LogP contribution in [0.15, 0.2) is 54.7 Å². The van der Waals surface area contributed by atoms with E-state index in [0.717, 1.165) is 27.5 Å². The summed E-state index contributed by atoms with van der Waals surface area (Å²) in [5.74, 6) is -1.52. The number of fused-ring (bicyclic) bond motifs is 3. The van der Waals surface area contributed by atoms with E-state index in [9.17, 15) is 14.4 Å². The van der Waals surface area contributed by atoms with Gasteiger partial charge in [0.25, 0.3) is 0 Å². The molecule has 32 heavy (non-hydrogen) atoms. The highest BCUT2D eigenvalue weighted by molar-refractivity contribution is 6.07. The minimum atomic E-state index is -0.622. The average Bonchev–Trinajstić information content (AvgIpc) is 3.19. The first kappa shape index (κ1) is 21.0. The van der Waals surface area contributed by atoms with Crippen LogP contribution in [0.3, 0.4) is 0 Å². The van der Waals surface area contributed by atoms with E-state index in [0.29, 0.717) is 6.42 Å². The third-order valence-electron chi connectivity index (χ3n) is 5.18. The summed E-state index contributed by atoms with van der Waals surface area (Å²) in [5.41, 5.74) is 3.27. The number of H-pyrrole nitrogens is 1. The lowest BCUT2D eigenvalue weighted by atomic mass is 10.1. The van der Waals surface area contributed by atoms with Crippen LogP contribution in [-0.4, -0.2) is 42.0 Å². The van der Waals surface area contributed by atoms with Crippen molar-refractivity contribution in [1.82, 2.24) is 9.97 Å². The molecule has 0 radical (unpaired) electrons. The molecule has 8 nitrogen and oxygen atoms in total. The number of aromatic amines is 1. The Hall–Kier alpha value is -4.20. The number of hydrogen-bond donors (Lipinski definition) is 2. The molecule has 4 rings (SSSR count). The molecule has 0 saturated carbocycles. The van der Waals surface area contributed by atoms with Crippen LogP contribution >= 0.6 is 0 Å². The molecule has 2 aromatic heterocycles. The minimum absolute atomic E-state index is 0.143. The van der Waals surface area contributed by atoms with Crippen molar-refractivity contribution in [2.45, 2.75) is 12.8 Å². The zero-order valence-corrected chi connectivity index (χ0v) is 17.6. The fourth-order valence-electron chi connectivity index (χ4n) is 3.56. The van der Waals surface area contributed by atoms with E-state index in [2.05, 4.69) is 15.3 Å². The van der Waals surface area contributed by atoms with Crippen molar-refractivity contribution in [2.24, 2.45) is 0 Å². The van der Waals surface area contributed by atoms with Gasteiger partial charge in [0.15, 0.2) is 0 Å². The smallest absolute Gasteiger partial charge is 0.339 e. The number of aryl methyl sites for hydroxylation is 1. The SMILES string of the molecule is COC(=O)c1ccc(C(=O)OC)c(NC(=O)CCc2cc3c(cn2)[nH]c2ccccc23)c1. The van der Waals surface area contributed by atoms with E-state index in [-0.39, 0.29) is 29.1 Å². The van der Waals surface area contributed by atoms with Crippen molar-refractivity contribution in [2.75, 3.05) is 19.5 Å². The number of amides is 1. The first-order valence-electron chi connectivity index (χ1n) is 9.96. The average molecular weight is 431 g/mol. The molecule has 0 spiro atoms. The molecule has 0 bridgehead atoms. The van der Waals surface area contributed by atoms with Crippen LogP contribution in [0.4, 0.5) is 5.69 Å². The Morgan fingerprint density at radius 1 is 0.938 bits per heavy atom. The van der Waals surface area contributed by atoms with Crippen LogP contribution in [0.1, 0.15) is 32.8 Å². The predicted octanol–water partition coefficient (Wildman–Crippen LogP) is 3.86.